The largest absolute Gasteiger partial charge is 0.481 e. The van der Waals surface area contributed by atoms with Crippen LogP contribution in [-0.4, -0.2) is 28.5 Å². The van der Waals surface area contributed by atoms with Crippen LogP contribution < -0.4 is 11.1 Å². The number of nitrogens with two attached hydrogens (primary N) is 1. The molecule has 17 heavy (non-hydrogen) atoms. The number of primary amides is 1. The van der Waals surface area contributed by atoms with E-state index in [9.17, 15) is 9.59 Å². The van der Waals surface area contributed by atoms with Crippen molar-refractivity contribution in [1.82, 2.24) is 4.98 Å². The van der Waals surface area contributed by atoms with Crippen LogP contribution in [0.2, 0.25) is 0 Å². The van der Waals surface area contributed by atoms with Gasteiger partial charge in [-0.1, -0.05) is 0 Å². The number of pyridine rings is 1. The van der Waals surface area contributed by atoms with Gasteiger partial charge in [0.05, 0.1) is 23.4 Å². The average Bonchev–Trinajstić information content (AvgIpc) is 2.14. The highest BCUT2D eigenvalue weighted by Crippen LogP contribution is 2.19. The molecule has 0 bridgehead atoms. The standard InChI is InChI=1S/C11H15N3O3/c1-6-5-8(13-4-3-9(15)16)10(11(12)17)7(2)14-6/h5H,3-4H2,1-2H3,(H2,12,17)(H,13,14)(H,15,16). The molecule has 0 aliphatic heterocycles. The van der Waals surface area contributed by atoms with Crippen LogP contribution in [0.25, 0.3) is 0 Å². The maximum atomic E-state index is 11.3. The van der Waals surface area contributed by atoms with Crippen LogP contribution in [0.15, 0.2) is 6.07 Å². The Morgan fingerprint density at radius 2 is 2.12 bits per heavy atom. The van der Waals surface area contributed by atoms with Crippen LogP contribution in [0, 0.1) is 13.8 Å². The second-order valence-electron chi connectivity index (χ2n) is 3.71. The van der Waals surface area contributed by atoms with Crippen molar-refractivity contribution in [3.63, 3.8) is 0 Å². The maximum absolute atomic E-state index is 11.3. The number of hydrogen-bond donors (Lipinski definition) is 3. The van der Waals surface area contributed by atoms with Crippen LogP contribution in [-0.2, 0) is 4.79 Å². The monoisotopic (exact) mass is 237 g/mol. The molecule has 4 N–H and O–H groups in total. The van der Waals surface area contributed by atoms with Gasteiger partial charge in [0.1, 0.15) is 0 Å². The zero-order valence-electron chi connectivity index (χ0n) is 9.78. The predicted molar refractivity (Wildman–Crippen MR) is 63.0 cm³/mol. The Balaban J connectivity index is 2.96. The molecule has 92 valence electrons. The summed E-state index contributed by atoms with van der Waals surface area (Å²) in [6.07, 6.45) is -0.0291. The molecule has 0 aromatic carbocycles. The van der Waals surface area contributed by atoms with Crippen molar-refractivity contribution in [3.05, 3.63) is 23.0 Å². The van der Waals surface area contributed by atoms with E-state index in [-0.39, 0.29) is 13.0 Å². The van der Waals surface area contributed by atoms with E-state index >= 15 is 0 Å². The van der Waals surface area contributed by atoms with Gasteiger partial charge in [0.2, 0.25) is 0 Å². The highest BCUT2D eigenvalue weighted by atomic mass is 16.4. The fourth-order valence-electron chi connectivity index (χ4n) is 1.58. The first-order valence-electron chi connectivity index (χ1n) is 5.15. The number of nitrogens with one attached hydrogen (secondary N) is 1. The van der Waals surface area contributed by atoms with E-state index in [1.807, 2.05) is 0 Å². The summed E-state index contributed by atoms with van der Waals surface area (Å²) < 4.78 is 0. The lowest BCUT2D eigenvalue weighted by molar-refractivity contribution is -0.136. The van der Waals surface area contributed by atoms with Crippen LogP contribution in [0.3, 0.4) is 0 Å². The molecule has 0 radical (unpaired) electrons. The minimum atomic E-state index is -0.902. The summed E-state index contributed by atoms with van der Waals surface area (Å²) in [5.74, 6) is -1.48. The third-order valence-corrected chi connectivity index (χ3v) is 2.23. The van der Waals surface area contributed by atoms with Gasteiger partial charge >= 0.3 is 5.97 Å². The molecule has 0 atom stereocenters. The zero-order valence-corrected chi connectivity index (χ0v) is 9.78. The van der Waals surface area contributed by atoms with Crippen molar-refractivity contribution < 1.29 is 14.7 Å². The highest BCUT2D eigenvalue weighted by Gasteiger charge is 2.13. The highest BCUT2D eigenvalue weighted by molar-refractivity contribution is 5.99. The van der Waals surface area contributed by atoms with Crippen molar-refractivity contribution in [2.75, 3.05) is 11.9 Å². The SMILES string of the molecule is Cc1cc(NCCC(=O)O)c(C(N)=O)c(C)n1. The van der Waals surface area contributed by atoms with Gasteiger partial charge < -0.3 is 16.2 Å². The number of carbonyl (C=O) groups is 2. The molecule has 0 saturated heterocycles. The van der Waals surface area contributed by atoms with E-state index in [1.54, 1.807) is 19.9 Å². The van der Waals surface area contributed by atoms with Gasteiger partial charge in [0.15, 0.2) is 0 Å². The van der Waals surface area contributed by atoms with E-state index in [1.165, 1.54) is 0 Å². The summed E-state index contributed by atoms with van der Waals surface area (Å²) in [6.45, 7) is 3.72. The number of aromatic nitrogens is 1. The van der Waals surface area contributed by atoms with Gasteiger partial charge in [-0.15, -0.1) is 0 Å². The first-order chi connectivity index (χ1) is 7.91. The van der Waals surface area contributed by atoms with Crippen molar-refractivity contribution in [1.29, 1.82) is 0 Å². The van der Waals surface area contributed by atoms with Crippen molar-refractivity contribution in [2.45, 2.75) is 20.3 Å². The number of nitrogens with zero attached hydrogens (tertiary/aromatic N) is 1. The van der Waals surface area contributed by atoms with Gasteiger partial charge in [-0.3, -0.25) is 14.6 Å². The third kappa shape index (κ3) is 3.44. The Kier molecular flexibility index (Phi) is 4.03. The number of carboxylic acid groups (broad SMARTS) is 1. The Bertz CT molecular complexity index is 458. The molecular weight excluding hydrogens is 222 g/mol. The van der Waals surface area contributed by atoms with Crippen molar-refractivity contribution in [2.24, 2.45) is 5.73 Å². The number of amides is 1. The molecule has 1 rings (SSSR count). The zero-order chi connectivity index (χ0) is 13.0. The minimum Gasteiger partial charge on any atom is -0.481 e. The van der Waals surface area contributed by atoms with Gasteiger partial charge in [-0.2, -0.15) is 0 Å². The van der Waals surface area contributed by atoms with Gasteiger partial charge in [-0.05, 0) is 19.9 Å². The summed E-state index contributed by atoms with van der Waals surface area (Å²) in [4.78, 5) is 25.8. The van der Waals surface area contributed by atoms with Gasteiger partial charge in [0.25, 0.3) is 5.91 Å². The number of aliphatic carboxylic acids is 1. The van der Waals surface area contributed by atoms with Crippen LogP contribution >= 0.6 is 0 Å². The van der Waals surface area contributed by atoms with Crippen molar-refractivity contribution >= 4 is 17.6 Å². The molecule has 0 fully saturated rings. The fourth-order valence-corrected chi connectivity index (χ4v) is 1.58. The van der Waals surface area contributed by atoms with E-state index in [0.29, 0.717) is 16.9 Å². The Labute approximate surface area is 98.8 Å². The lowest BCUT2D eigenvalue weighted by Gasteiger charge is -2.12. The van der Waals surface area contributed by atoms with Crippen LogP contribution in [0.1, 0.15) is 28.2 Å². The Morgan fingerprint density at radius 3 is 2.65 bits per heavy atom. The van der Waals surface area contributed by atoms with Crippen LogP contribution in [0.4, 0.5) is 5.69 Å². The first kappa shape index (κ1) is 13.0. The Morgan fingerprint density at radius 1 is 1.47 bits per heavy atom. The molecular formula is C11H15N3O3. The molecule has 1 aromatic rings. The molecule has 0 unspecified atom stereocenters. The van der Waals surface area contributed by atoms with Gasteiger partial charge in [0, 0.05) is 12.2 Å². The number of rotatable bonds is 5. The molecule has 1 heterocycles. The number of hydrogen-bond acceptors (Lipinski definition) is 4. The van der Waals surface area contributed by atoms with E-state index in [0.717, 1.165) is 5.69 Å². The predicted octanol–water partition coefficient (Wildman–Crippen LogP) is 0.684. The summed E-state index contributed by atoms with van der Waals surface area (Å²) in [7, 11) is 0. The van der Waals surface area contributed by atoms with Crippen LogP contribution in [0.5, 0.6) is 0 Å². The molecule has 1 amide bonds. The molecule has 0 aliphatic carbocycles. The lowest BCUT2D eigenvalue weighted by Crippen LogP contribution is -2.18. The molecule has 0 saturated carbocycles. The molecule has 0 aliphatic rings. The number of carbonyl (C=O) groups excluding carboxylic acids is 1. The number of aryl methyl sites for hydroxylation is 2. The minimum absolute atomic E-state index is 0.0291. The molecule has 0 spiro atoms. The first-order valence-corrected chi connectivity index (χ1v) is 5.15. The summed E-state index contributed by atoms with van der Waals surface area (Å²) in [5.41, 5.74) is 7.38. The summed E-state index contributed by atoms with van der Waals surface area (Å²) >= 11 is 0. The number of anilines is 1. The second-order valence-corrected chi connectivity index (χ2v) is 3.71. The molecule has 1 aromatic heterocycles. The Hall–Kier alpha value is -2.11. The second kappa shape index (κ2) is 5.29. The molecule has 6 nitrogen and oxygen atoms in total. The molecule has 6 heteroatoms. The third-order valence-electron chi connectivity index (χ3n) is 2.23. The summed E-state index contributed by atoms with van der Waals surface area (Å²) in [6, 6.07) is 1.68. The van der Waals surface area contributed by atoms with E-state index in [2.05, 4.69) is 10.3 Å². The smallest absolute Gasteiger partial charge is 0.305 e. The summed E-state index contributed by atoms with van der Waals surface area (Å²) in [5, 5.41) is 11.4. The lowest BCUT2D eigenvalue weighted by atomic mass is 10.1. The topological polar surface area (TPSA) is 105 Å². The van der Waals surface area contributed by atoms with E-state index in [4.69, 9.17) is 10.8 Å². The average molecular weight is 237 g/mol. The quantitative estimate of drug-likeness (QED) is 0.698. The number of carboxylic acids is 1. The maximum Gasteiger partial charge on any atom is 0.305 e. The van der Waals surface area contributed by atoms with Gasteiger partial charge in [-0.25, -0.2) is 0 Å². The normalized spacial score (nSPS) is 10.0. The van der Waals surface area contributed by atoms with E-state index < -0.39 is 11.9 Å². The van der Waals surface area contributed by atoms with Crippen molar-refractivity contribution in [3.8, 4) is 0 Å². The fraction of sp³-hybridized carbons (Fsp3) is 0.364.